The number of amides is 2. The van der Waals surface area contributed by atoms with Crippen molar-refractivity contribution in [2.45, 2.75) is 58.7 Å². The predicted molar refractivity (Wildman–Crippen MR) is 78.3 cm³/mol. The number of piperazine rings is 1. The fraction of sp³-hybridized carbons (Fsp3) is 0.643. The van der Waals surface area contributed by atoms with E-state index < -0.39 is 11.6 Å². The maximum atomic E-state index is 12.6. The first-order chi connectivity index (χ1) is 9.36. The van der Waals surface area contributed by atoms with Crippen LogP contribution in [0.4, 0.5) is 0 Å². The van der Waals surface area contributed by atoms with E-state index in [2.05, 4.69) is 10.3 Å². The van der Waals surface area contributed by atoms with Crippen molar-refractivity contribution in [2.24, 2.45) is 0 Å². The van der Waals surface area contributed by atoms with Gasteiger partial charge in [-0.15, -0.1) is 11.3 Å². The summed E-state index contributed by atoms with van der Waals surface area (Å²) in [5.74, 6) is -0.107. The van der Waals surface area contributed by atoms with Gasteiger partial charge in [-0.25, -0.2) is 4.98 Å². The first-order valence-corrected chi connectivity index (χ1v) is 7.77. The minimum Gasteiger partial charge on any atom is -0.342 e. The van der Waals surface area contributed by atoms with Gasteiger partial charge in [-0.1, -0.05) is 13.3 Å². The van der Waals surface area contributed by atoms with Crippen molar-refractivity contribution in [2.75, 3.05) is 0 Å². The zero-order valence-electron chi connectivity index (χ0n) is 12.4. The van der Waals surface area contributed by atoms with Crippen LogP contribution in [0.1, 0.15) is 44.3 Å². The highest BCUT2D eigenvalue weighted by molar-refractivity contribution is 7.09. The van der Waals surface area contributed by atoms with E-state index in [-0.39, 0.29) is 11.8 Å². The third-order valence-electron chi connectivity index (χ3n) is 3.66. The van der Waals surface area contributed by atoms with Crippen molar-refractivity contribution in [1.82, 2.24) is 15.2 Å². The average molecular weight is 295 g/mol. The van der Waals surface area contributed by atoms with Gasteiger partial charge in [0.2, 0.25) is 11.8 Å². The second kappa shape index (κ2) is 5.52. The summed E-state index contributed by atoms with van der Waals surface area (Å²) in [4.78, 5) is 30.9. The lowest BCUT2D eigenvalue weighted by Crippen LogP contribution is -2.67. The van der Waals surface area contributed by atoms with Crippen LogP contribution >= 0.6 is 11.3 Å². The molecule has 0 saturated carbocycles. The standard InChI is InChI=1S/C14H21N3O2S/c1-5-6-11-12(18)17(14(3,4)13(19)16-11)7-10-8-20-9(2)15-10/h8,11H,5-7H2,1-4H3,(H,16,19). The smallest absolute Gasteiger partial charge is 0.246 e. The molecule has 2 rings (SSSR count). The van der Waals surface area contributed by atoms with E-state index in [0.29, 0.717) is 13.0 Å². The van der Waals surface area contributed by atoms with Crippen LogP contribution in [0.3, 0.4) is 0 Å². The number of hydrogen-bond acceptors (Lipinski definition) is 4. The lowest BCUT2D eigenvalue weighted by molar-refractivity contribution is -0.156. The van der Waals surface area contributed by atoms with Gasteiger partial charge in [0.05, 0.1) is 17.2 Å². The topological polar surface area (TPSA) is 62.3 Å². The summed E-state index contributed by atoms with van der Waals surface area (Å²) < 4.78 is 0. The summed E-state index contributed by atoms with van der Waals surface area (Å²) in [6.07, 6.45) is 1.54. The van der Waals surface area contributed by atoms with E-state index in [1.165, 1.54) is 0 Å². The summed E-state index contributed by atoms with van der Waals surface area (Å²) in [7, 11) is 0. The van der Waals surface area contributed by atoms with Crippen LogP contribution in [0.25, 0.3) is 0 Å². The van der Waals surface area contributed by atoms with Gasteiger partial charge in [-0.3, -0.25) is 9.59 Å². The quantitative estimate of drug-likeness (QED) is 0.922. The Morgan fingerprint density at radius 3 is 2.70 bits per heavy atom. The molecule has 1 aromatic rings. The molecule has 1 N–H and O–H groups in total. The molecule has 1 unspecified atom stereocenters. The fourth-order valence-corrected chi connectivity index (χ4v) is 2.99. The van der Waals surface area contributed by atoms with E-state index in [0.717, 1.165) is 17.1 Å². The van der Waals surface area contributed by atoms with Gasteiger partial charge in [-0.2, -0.15) is 0 Å². The van der Waals surface area contributed by atoms with Crippen molar-refractivity contribution in [3.63, 3.8) is 0 Å². The maximum absolute atomic E-state index is 12.6. The molecule has 1 aliphatic rings. The van der Waals surface area contributed by atoms with Crippen LogP contribution in [0, 0.1) is 6.92 Å². The highest BCUT2D eigenvalue weighted by atomic mass is 32.1. The van der Waals surface area contributed by atoms with Gasteiger partial charge in [0.15, 0.2) is 0 Å². The van der Waals surface area contributed by atoms with Gasteiger partial charge < -0.3 is 10.2 Å². The fourth-order valence-electron chi connectivity index (χ4n) is 2.39. The number of carbonyl (C=O) groups is 2. The Morgan fingerprint density at radius 1 is 1.45 bits per heavy atom. The third kappa shape index (κ3) is 2.70. The van der Waals surface area contributed by atoms with Crippen LogP contribution < -0.4 is 5.32 Å². The summed E-state index contributed by atoms with van der Waals surface area (Å²) in [5, 5.41) is 5.74. The van der Waals surface area contributed by atoms with Crippen LogP contribution in [-0.4, -0.2) is 33.3 Å². The molecule has 2 amide bonds. The minimum absolute atomic E-state index is 0.0119. The van der Waals surface area contributed by atoms with E-state index in [1.54, 1.807) is 30.1 Å². The van der Waals surface area contributed by atoms with Gasteiger partial charge in [0.25, 0.3) is 0 Å². The van der Waals surface area contributed by atoms with Crippen molar-refractivity contribution < 1.29 is 9.59 Å². The van der Waals surface area contributed by atoms with Crippen molar-refractivity contribution >= 4 is 23.2 Å². The molecule has 0 bridgehead atoms. The molecule has 20 heavy (non-hydrogen) atoms. The molecular formula is C14H21N3O2S. The lowest BCUT2D eigenvalue weighted by atomic mass is 9.94. The Morgan fingerprint density at radius 2 is 2.15 bits per heavy atom. The largest absolute Gasteiger partial charge is 0.342 e. The Balaban J connectivity index is 2.25. The number of aromatic nitrogens is 1. The van der Waals surface area contributed by atoms with Crippen molar-refractivity contribution in [1.29, 1.82) is 0 Å². The molecule has 1 aliphatic heterocycles. The monoisotopic (exact) mass is 295 g/mol. The predicted octanol–water partition coefficient (Wildman–Crippen LogP) is 1.86. The van der Waals surface area contributed by atoms with E-state index in [9.17, 15) is 9.59 Å². The van der Waals surface area contributed by atoms with Crippen LogP contribution in [0.2, 0.25) is 0 Å². The maximum Gasteiger partial charge on any atom is 0.246 e. The van der Waals surface area contributed by atoms with E-state index in [4.69, 9.17) is 0 Å². The molecule has 5 nitrogen and oxygen atoms in total. The number of nitrogens with one attached hydrogen (secondary N) is 1. The molecule has 0 radical (unpaired) electrons. The molecule has 1 saturated heterocycles. The number of thiazole rings is 1. The summed E-state index contributed by atoms with van der Waals surface area (Å²) in [6.45, 7) is 7.89. The molecule has 1 aromatic heterocycles. The van der Waals surface area contributed by atoms with Gasteiger partial charge >= 0.3 is 0 Å². The number of rotatable bonds is 4. The van der Waals surface area contributed by atoms with Gasteiger partial charge in [0.1, 0.15) is 11.6 Å². The second-order valence-corrected chi connectivity index (χ2v) is 6.72. The van der Waals surface area contributed by atoms with E-state index in [1.807, 2.05) is 19.2 Å². The number of carbonyl (C=O) groups excluding carboxylic acids is 2. The summed E-state index contributed by atoms with van der Waals surface area (Å²) in [6, 6.07) is -0.403. The highest BCUT2D eigenvalue weighted by Crippen LogP contribution is 2.25. The Bertz CT molecular complexity index is 524. The third-order valence-corrected chi connectivity index (χ3v) is 4.49. The highest BCUT2D eigenvalue weighted by Gasteiger charge is 2.45. The Hall–Kier alpha value is -1.43. The summed E-state index contributed by atoms with van der Waals surface area (Å²) >= 11 is 1.56. The first-order valence-electron chi connectivity index (χ1n) is 6.89. The first kappa shape index (κ1) is 15.0. The Labute approximate surface area is 123 Å². The van der Waals surface area contributed by atoms with Crippen LogP contribution in [-0.2, 0) is 16.1 Å². The molecule has 0 spiro atoms. The lowest BCUT2D eigenvalue weighted by Gasteiger charge is -2.44. The van der Waals surface area contributed by atoms with Crippen LogP contribution in [0.15, 0.2) is 5.38 Å². The second-order valence-electron chi connectivity index (χ2n) is 5.66. The zero-order valence-corrected chi connectivity index (χ0v) is 13.2. The number of nitrogens with zero attached hydrogens (tertiary/aromatic N) is 2. The molecule has 2 heterocycles. The van der Waals surface area contributed by atoms with Gasteiger partial charge in [0, 0.05) is 5.38 Å². The minimum atomic E-state index is -0.834. The zero-order chi connectivity index (χ0) is 14.9. The average Bonchev–Trinajstić information content (AvgIpc) is 2.78. The summed E-state index contributed by atoms with van der Waals surface area (Å²) in [5.41, 5.74) is 0.0117. The Kier molecular flexibility index (Phi) is 4.13. The van der Waals surface area contributed by atoms with E-state index >= 15 is 0 Å². The molecule has 6 heteroatoms. The number of aryl methyl sites for hydroxylation is 1. The van der Waals surface area contributed by atoms with Crippen molar-refractivity contribution in [3.05, 3.63) is 16.1 Å². The number of hydrogen-bond donors (Lipinski definition) is 1. The molecule has 0 aliphatic carbocycles. The molecule has 110 valence electrons. The van der Waals surface area contributed by atoms with Crippen molar-refractivity contribution in [3.8, 4) is 0 Å². The SMILES string of the molecule is CCCC1NC(=O)C(C)(C)N(Cc2csc(C)n2)C1=O. The van der Waals surface area contributed by atoms with Gasteiger partial charge in [-0.05, 0) is 27.2 Å². The molecule has 1 fully saturated rings. The molecule has 0 aromatic carbocycles. The normalized spacial score (nSPS) is 22.0. The molecule has 1 atom stereocenters. The molecular weight excluding hydrogens is 274 g/mol. The van der Waals surface area contributed by atoms with Crippen LogP contribution in [0.5, 0.6) is 0 Å².